The zero-order valence-corrected chi connectivity index (χ0v) is 11.6. The van der Waals surface area contributed by atoms with E-state index in [9.17, 15) is 5.11 Å². The zero-order valence-electron chi connectivity index (χ0n) is 9.99. The lowest BCUT2D eigenvalue weighted by molar-refractivity contribution is 0.201. The molecule has 1 aliphatic rings. The molecule has 94 valence electrons. The predicted octanol–water partition coefficient (Wildman–Crippen LogP) is 3.90. The Morgan fingerprint density at radius 2 is 2.00 bits per heavy atom. The van der Waals surface area contributed by atoms with E-state index in [1.807, 2.05) is 18.2 Å². The Hall–Kier alpha value is -0.540. The van der Waals surface area contributed by atoms with Crippen LogP contribution in [0, 0.1) is 5.92 Å². The van der Waals surface area contributed by atoms with Gasteiger partial charge in [0.1, 0.15) is 5.75 Å². The average Bonchev–Trinajstić information content (AvgIpc) is 2.38. The number of rotatable bonds is 4. The van der Waals surface area contributed by atoms with Crippen molar-refractivity contribution in [2.24, 2.45) is 5.92 Å². The quantitative estimate of drug-likeness (QED) is 0.913. The molecule has 0 amide bonds. The summed E-state index contributed by atoms with van der Waals surface area (Å²) in [4.78, 5) is 0. The molecular formula is C14H19BrO2. The monoisotopic (exact) mass is 298 g/mol. The molecule has 2 nitrogen and oxygen atoms in total. The van der Waals surface area contributed by atoms with Crippen molar-refractivity contribution in [2.75, 3.05) is 6.61 Å². The lowest BCUT2D eigenvalue weighted by atomic mass is 9.90. The van der Waals surface area contributed by atoms with Crippen molar-refractivity contribution in [3.05, 3.63) is 28.2 Å². The number of ether oxygens (including phenoxy) is 1. The third kappa shape index (κ3) is 3.71. The van der Waals surface area contributed by atoms with Gasteiger partial charge in [-0.3, -0.25) is 0 Å². The van der Waals surface area contributed by atoms with Crippen LogP contribution in [0.2, 0.25) is 0 Å². The highest BCUT2D eigenvalue weighted by Crippen LogP contribution is 2.27. The molecule has 0 aliphatic heterocycles. The Labute approximate surface area is 111 Å². The molecule has 1 saturated carbocycles. The lowest BCUT2D eigenvalue weighted by Gasteiger charge is -2.22. The van der Waals surface area contributed by atoms with Gasteiger partial charge in [0.15, 0.2) is 0 Å². The third-order valence-electron chi connectivity index (χ3n) is 3.39. The zero-order chi connectivity index (χ0) is 12.1. The first-order valence-corrected chi connectivity index (χ1v) is 7.11. The molecule has 2 rings (SSSR count). The van der Waals surface area contributed by atoms with Gasteiger partial charge in [-0.25, -0.2) is 0 Å². The van der Waals surface area contributed by atoms with Gasteiger partial charge in [-0.15, -0.1) is 0 Å². The summed E-state index contributed by atoms with van der Waals surface area (Å²) in [6.45, 7) is 0.814. The van der Waals surface area contributed by atoms with Crippen molar-refractivity contribution in [3.63, 3.8) is 0 Å². The average molecular weight is 299 g/mol. The maximum atomic E-state index is 9.28. The van der Waals surface area contributed by atoms with E-state index in [0.29, 0.717) is 5.92 Å². The highest BCUT2D eigenvalue weighted by molar-refractivity contribution is 9.10. The largest absolute Gasteiger partial charge is 0.493 e. The van der Waals surface area contributed by atoms with E-state index in [1.165, 1.54) is 32.1 Å². The first-order valence-electron chi connectivity index (χ1n) is 6.31. The standard InChI is InChI=1S/C14H19BrO2/c15-13-6-7-14(12(8-13)9-16)17-10-11-4-2-1-3-5-11/h6-8,11,16H,1-5,9-10H2. The number of hydrogen-bond donors (Lipinski definition) is 1. The molecule has 1 aliphatic carbocycles. The topological polar surface area (TPSA) is 29.5 Å². The van der Waals surface area contributed by atoms with Crippen molar-refractivity contribution < 1.29 is 9.84 Å². The molecule has 17 heavy (non-hydrogen) atoms. The Morgan fingerprint density at radius 3 is 2.71 bits per heavy atom. The van der Waals surface area contributed by atoms with Gasteiger partial charge >= 0.3 is 0 Å². The van der Waals surface area contributed by atoms with E-state index in [4.69, 9.17) is 4.74 Å². The SMILES string of the molecule is OCc1cc(Br)ccc1OCC1CCCCC1. The molecule has 0 spiro atoms. The molecule has 1 N–H and O–H groups in total. The van der Waals surface area contributed by atoms with Crippen LogP contribution in [0.5, 0.6) is 5.75 Å². The van der Waals surface area contributed by atoms with Crippen LogP contribution in [-0.2, 0) is 6.61 Å². The van der Waals surface area contributed by atoms with Gasteiger partial charge < -0.3 is 9.84 Å². The fourth-order valence-electron chi connectivity index (χ4n) is 2.37. The number of halogens is 1. The van der Waals surface area contributed by atoms with Gasteiger partial charge in [0.25, 0.3) is 0 Å². The summed E-state index contributed by atoms with van der Waals surface area (Å²) in [5, 5.41) is 9.28. The van der Waals surface area contributed by atoms with Crippen LogP contribution in [0.4, 0.5) is 0 Å². The van der Waals surface area contributed by atoms with Crippen LogP contribution >= 0.6 is 15.9 Å². The molecule has 0 aromatic heterocycles. The molecule has 3 heteroatoms. The molecule has 1 aromatic carbocycles. The summed E-state index contributed by atoms with van der Waals surface area (Å²) in [7, 11) is 0. The first kappa shape index (κ1) is 12.9. The van der Waals surface area contributed by atoms with Gasteiger partial charge in [0.05, 0.1) is 13.2 Å². The van der Waals surface area contributed by atoms with E-state index < -0.39 is 0 Å². The normalized spacial score (nSPS) is 17.1. The lowest BCUT2D eigenvalue weighted by Crippen LogP contribution is -2.15. The summed E-state index contributed by atoms with van der Waals surface area (Å²) >= 11 is 3.40. The van der Waals surface area contributed by atoms with Crippen LogP contribution in [0.15, 0.2) is 22.7 Å². The molecule has 0 atom stereocenters. The van der Waals surface area contributed by atoms with Crippen molar-refractivity contribution in [3.8, 4) is 5.75 Å². The van der Waals surface area contributed by atoms with Gasteiger partial charge in [0.2, 0.25) is 0 Å². The third-order valence-corrected chi connectivity index (χ3v) is 3.89. The minimum absolute atomic E-state index is 0.0272. The van der Waals surface area contributed by atoms with Crippen LogP contribution in [-0.4, -0.2) is 11.7 Å². The second-order valence-corrected chi connectivity index (χ2v) is 5.64. The number of benzene rings is 1. The summed E-state index contributed by atoms with van der Waals surface area (Å²) in [5.41, 5.74) is 0.857. The molecule has 0 heterocycles. The number of aliphatic hydroxyl groups excluding tert-OH is 1. The van der Waals surface area contributed by atoms with E-state index in [0.717, 1.165) is 22.4 Å². The second-order valence-electron chi connectivity index (χ2n) is 4.73. The van der Waals surface area contributed by atoms with Gasteiger partial charge in [-0.1, -0.05) is 35.2 Å². The van der Waals surface area contributed by atoms with Crippen molar-refractivity contribution in [1.82, 2.24) is 0 Å². The highest BCUT2D eigenvalue weighted by atomic mass is 79.9. The molecule has 1 aromatic rings. The second kappa shape index (κ2) is 6.41. The molecular weight excluding hydrogens is 280 g/mol. The summed E-state index contributed by atoms with van der Waals surface area (Å²) in [5.74, 6) is 1.51. The van der Waals surface area contributed by atoms with E-state index in [1.54, 1.807) is 0 Å². The van der Waals surface area contributed by atoms with Crippen molar-refractivity contribution >= 4 is 15.9 Å². The first-order chi connectivity index (χ1) is 8.29. The number of aliphatic hydroxyl groups is 1. The maximum absolute atomic E-state index is 9.28. The Kier molecular flexibility index (Phi) is 4.86. The summed E-state index contributed by atoms with van der Waals surface area (Å²) in [6, 6.07) is 5.80. The predicted molar refractivity (Wildman–Crippen MR) is 72.1 cm³/mol. The Bertz CT molecular complexity index is 359. The van der Waals surface area contributed by atoms with Gasteiger partial charge in [-0.2, -0.15) is 0 Å². The minimum Gasteiger partial charge on any atom is -0.493 e. The molecule has 0 bridgehead atoms. The van der Waals surface area contributed by atoms with Crippen molar-refractivity contribution in [1.29, 1.82) is 0 Å². The Morgan fingerprint density at radius 1 is 1.24 bits per heavy atom. The fourth-order valence-corrected chi connectivity index (χ4v) is 2.78. The van der Waals surface area contributed by atoms with Gasteiger partial charge in [-0.05, 0) is 37.0 Å². The van der Waals surface area contributed by atoms with Crippen LogP contribution < -0.4 is 4.74 Å². The van der Waals surface area contributed by atoms with Crippen LogP contribution in [0.25, 0.3) is 0 Å². The summed E-state index contributed by atoms with van der Waals surface area (Å²) < 4.78 is 6.82. The number of hydrogen-bond acceptors (Lipinski definition) is 2. The van der Waals surface area contributed by atoms with Crippen molar-refractivity contribution in [2.45, 2.75) is 38.7 Å². The molecule has 0 radical (unpaired) electrons. The molecule has 0 saturated heterocycles. The minimum atomic E-state index is 0.0272. The maximum Gasteiger partial charge on any atom is 0.124 e. The van der Waals surface area contributed by atoms with Gasteiger partial charge in [0, 0.05) is 10.0 Å². The highest BCUT2D eigenvalue weighted by Gasteiger charge is 2.14. The van der Waals surface area contributed by atoms with Crippen LogP contribution in [0.3, 0.4) is 0 Å². The fraction of sp³-hybridized carbons (Fsp3) is 0.571. The van der Waals surface area contributed by atoms with E-state index in [2.05, 4.69) is 15.9 Å². The van der Waals surface area contributed by atoms with Crippen LogP contribution in [0.1, 0.15) is 37.7 Å². The molecule has 0 unspecified atom stereocenters. The smallest absolute Gasteiger partial charge is 0.124 e. The van der Waals surface area contributed by atoms with E-state index >= 15 is 0 Å². The summed E-state index contributed by atoms with van der Waals surface area (Å²) in [6.07, 6.45) is 6.61. The Balaban J connectivity index is 1.93. The van der Waals surface area contributed by atoms with E-state index in [-0.39, 0.29) is 6.61 Å². The molecule has 1 fully saturated rings.